The summed E-state index contributed by atoms with van der Waals surface area (Å²) in [6, 6.07) is 8.66. The summed E-state index contributed by atoms with van der Waals surface area (Å²) in [6.45, 7) is 8.04. The molecule has 0 heterocycles. The van der Waals surface area contributed by atoms with Crippen LogP contribution in [0.3, 0.4) is 0 Å². The maximum atomic E-state index is 5.49. The average Bonchev–Trinajstić information content (AvgIpc) is 2.37. The summed E-state index contributed by atoms with van der Waals surface area (Å²) in [4.78, 5) is 1.36. The number of ether oxygens (including phenoxy) is 1. The van der Waals surface area contributed by atoms with Gasteiger partial charge in [-0.3, -0.25) is 0 Å². The number of unbranched alkanes of at least 4 members (excludes halogenated alkanes) is 1. The third kappa shape index (κ3) is 7.75. The van der Waals surface area contributed by atoms with Crippen LogP contribution in [-0.2, 0) is 4.74 Å². The van der Waals surface area contributed by atoms with E-state index in [1.807, 2.05) is 11.8 Å². The number of hydrogen-bond donors (Lipinski definition) is 1. The number of hydrogen-bond acceptors (Lipinski definition) is 3. The lowest BCUT2D eigenvalue weighted by Crippen LogP contribution is -2.22. The van der Waals surface area contributed by atoms with Crippen LogP contribution in [0.15, 0.2) is 29.2 Å². The molecule has 1 rings (SSSR count). The van der Waals surface area contributed by atoms with Gasteiger partial charge in [-0.15, -0.1) is 11.8 Å². The lowest BCUT2D eigenvalue weighted by Gasteiger charge is -2.06. The highest BCUT2D eigenvalue weighted by Crippen LogP contribution is 2.17. The monoisotopic (exact) mass is 267 g/mol. The Morgan fingerprint density at radius 3 is 2.89 bits per heavy atom. The van der Waals surface area contributed by atoms with Gasteiger partial charge < -0.3 is 10.1 Å². The fourth-order valence-electron chi connectivity index (χ4n) is 1.56. The van der Waals surface area contributed by atoms with E-state index in [4.69, 9.17) is 4.74 Å². The van der Waals surface area contributed by atoms with E-state index < -0.39 is 0 Å². The van der Waals surface area contributed by atoms with E-state index in [1.54, 1.807) is 0 Å². The highest BCUT2D eigenvalue weighted by atomic mass is 32.2. The van der Waals surface area contributed by atoms with E-state index in [-0.39, 0.29) is 0 Å². The van der Waals surface area contributed by atoms with Crippen LogP contribution in [0.4, 0.5) is 0 Å². The Bertz CT molecular complexity index is 317. The lowest BCUT2D eigenvalue weighted by molar-refractivity contribution is 0.133. The Morgan fingerprint density at radius 1 is 1.22 bits per heavy atom. The number of rotatable bonds is 10. The smallest absolute Gasteiger partial charge is 0.0590 e. The molecule has 0 fully saturated rings. The minimum atomic E-state index is 0.828. The van der Waals surface area contributed by atoms with Crippen molar-refractivity contribution in [2.45, 2.75) is 31.6 Å². The summed E-state index contributed by atoms with van der Waals surface area (Å²) in [7, 11) is 0. The van der Waals surface area contributed by atoms with Gasteiger partial charge in [0.2, 0.25) is 0 Å². The predicted molar refractivity (Wildman–Crippen MR) is 80.5 cm³/mol. The zero-order valence-electron chi connectivity index (χ0n) is 11.6. The van der Waals surface area contributed by atoms with Crippen molar-refractivity contribution in [3.63, 3.8) is 0 Å². The second kappa shape index (κ2) is 10.4. The van der Waals surface area contributed by atoms with E-state index in [9.17, 15) is 0 Å². The Kier molecular flexibility index (Phi) is 9.00. The Morgan fingerprint density at radius 2 is 2.11 bits per heavy atom. The standard InChI is InChI=1S/C15H25NOS/c1-3-4-10-17-11-8-16-9-12-18-15-7-5-6-14(2)13-15/h5-7,13,16H,3-4,8-12H2,1-2H3. The predicted octanol–water partition coefficient (Wildman–Crippen LogP) is 3.49. The molecule has 0 amide bonds. The Labute approximate surface area is 116 Å². The van der Waals surface area contributed by atoms with Gasteiger partial charge in [0.1, 0.15) is 0 Å². The molecule has 18 heavy (non-hydrogen) atoms. The molecule has 2 nitrogen and oxygen atoms in total. The fraction of sp³-hybridized carbons (Fsp3) is 0.600. The van der Waals surface area contributed by atoms with Gasteiger partial charge in [0, 0.05) is 30.3 Å². The first-order valence-corrected chi connectivity index (χ1v) is 7.79. The van der Waals surface area contributed by atoms with Crippen molar-refractivity contribution in [2.24, 2.45) is 0 Å². The van der Waals surface area contributed by atoms with Crippen molar-refractivity contribution in [3.05, 3.63) is 29.8 Å². The van der Waals surface area contributed by atoms with Gasteiger partial charge in [0.05, 0.1) is 6.61 Å². The van der Waals surface area contributed by atoms with Gasteiger partial charge in [-0.05, 0) is 25.5 Å². The minimum Gasteiger partial charge on any atom is -0.380 e. The molecule has 0 aliphatic rings. The molecule has 0 radical (unpaired) electrons. The first-order valence-electron chi connectivity index (χ1n) is 6.81. The zero-order chi connectivity index (χ0) is 13.1. The summed E-state index contributed by atoms with van der Waals surface area (Å²) in [5.41, 5.74) is 1.33. The summed E-state index contributed by atoms with van der Waals surface area (Å²) >= 11 is 1.90. The maximum Gasteiger partial charge on any atom is 0.0590 e. The Hall–Kier alpha value is -0.510. The third-order valence-corrected chi connectivity index (χ3v) is 3.60. The third-order valence-electron chi connectivity index (χ3n) is 2.60. The highest BCUT2D eigenvalue weighted by Gasteiger charge is 1.94. The highest BCUT2D eigenvalue weighted by molar-refractivity contribution is 7.99. The minimum absolute atomic E-state index is 0.828. The SMILES string of the molecule is CCCCOCCNCCSc1cccc(C)c1. The molecule has 0 spiro atoms. The van der Waals surface area contributed by atoms with Crippen molar-refractivity contribution in [1.82, 2.24) is 5.32 Å². The molecule has 1 aromatic rings. The van der Waals surface area contributed by atoms with Crippen molar-refractivity contribution in [2.75, 3.05) is 32.1 Å². The van der Waals surface area contributed by atoms with Crippen LogP contribution < -0.4 is 5.32 Å². The number of thioether (sulfide) groups is 1. The fourth-order valence-corrected chi connectivity index (χ4v) is 2.49. The second-order valence-corrected chi connectivity index (χ2v) is 5.55. The van der Waals surface area contributed by atoms with Gasteiger partial charge in [-0.2, -0.15) is 0 Å². The molecule has 0 saturated carbocycles. The number of aryl methyl sites for hydroxylation is 1. The molecular weight excluding hydrogens is 242 g/mol. The van der Waals surface area contributed by atoms with E-state index in [0.717, 1.165) is 32.1 Å². The summed E-state index contributed by atoms with van der Waals surface area (Å²) < 4.78 is 5.49. The number of benzene rings is 1. The van der Waals surface area contributed by atoms with E-state index in [0.29, 0.717) is 0 Å². The molecule has 0 unspecified atom stereocenters. The molecule has 3 heteroatoms. The van der Waals surface area contributed by atoms with Gasteiger partial charge in [0.25, 0.3) is 0 Å². The molecular formula is C15H25NOS. The average molecular weight is 267 g/mol. The molecule has 1 aromatic carbocycles. The molecule has 0 bridgehead atoms. The van der Waals surface area contributed by atoms with Crippen LogP contribution in [-0.4, -0.2) is 32.1 Å². The van der Waals surface area contributed by atoms with E-state index >= 15 is 0 Å². The first kappa shape index (κ1) is 15.5. The van der Waals surface area contributed by atoms with E-state index in [2.05, 4.69) is 43.4 Å². The lowest BCUT2D eigenvalue weighted by atomic mass is 10.2. The van der Waals surface area contributed by atoms with Gasteiger partial charge in [0.15, 0.2) is 0 Å². The molecule has 0 aromatic heterocycles. The second-order valence-electron chi connectivity index (χ2n) is 4.38. The first-order chi connectivity index (χ1) is 8.83. The van der Waals surface area contributed by atoms with Crippen molar-refractivity contribution >= 4 is 11.8 Å². The van der Waals surface area contributed by atoms with Crippen LogP contribution in [0.1, 0.15) is 25.3 Å². The van der Waals surface area contributed by atoms with Crippen molar-refractivity contribution in [3.8, 4) is 0 Å². The van der Waals surface area contributed by atoms with Crippen LogP contribution in [0.25, 0.3) is 0 Å². The van der Waals surface area contributed by atoms with Crippen molar-refractivity contribution < 1.29 is 4.74 Å². The van der Waals surface area contributed by atoms with Gasteiger partial charge in [-0.25, -0.2) is 0 Å². The van der Waals surface area contributed by atoms with Gasteiger partial charge in [-0.1, -0.05) is 31.0 Å². The molecule has 1 N–H and O–H groups in total. The van der Waals surface area contributed by atoms with Crippen LogP contribution in [0.5, 0.6) is 0 Å². The molecule has 102 valence electrons. The van der Waals surface area contributed by atoms with Crippen LogP contribution >= 0.6 is 11.8 Å². The van der Waals surface area contributed by atoms with Crippen LogP contribution in [0.2, 0.25) is 0 Å². The molecule has 0 aliphatic carbocycles. The maximum absolute atomic E-state index is 5.49. The molecule has 0 saturated heterocycles. The summed E-state index contributed by atoms with van der Waals surface area (Å²) in [5.74, 6) is 1.11. The zero-order valence-corrected chi connectivity index (χ0v) is 12.4. The topological polar surface area (TPSA) is 21.3 Å². The number of nitrogens with one attached hydrogen (secondary N) is 1. The largest absolute Gasteiger partial charge is 0.380 e. The quantitative estimate of drug-likeness (QED) is 0.518. The summed E-state index contributed by atoms with van der Waals surface area (Å²) in [6.07, 6.45) is 2.38. The van der Waals surface area contributed by atoms with Gasteiger partial charge >= 0.3 is 0 Å². The van der Waals surface area contributed by atoms with Crippen LogP contribution in [0, 0.1) is 6.92 Å². The Balaban J connectivity index is 1.92. The molecule has 0 atom stereocenters. The summed E-state index contributed by atoms with van der Waals surface area (Å²) in [5, 5.41) is 3.40. The molecule has 0 aliphatic heterocycles. The van der Waals surface area contributed by atoms with E-state index in [1.165, 1.54) is 23.3 Å². The van der Waals surface area contributed by atoms with Crippen molar-refractivity contribution in [1.29, 1.82) is 0 Å². The normalized spacial score (nSPS) is 10.8.